The summed E-state index contributed by atoms with van der Waals surface area (Å²) in [6, 6.07) is 30.8. The normalized spacial score (nSPS) is 11.3. The van der Waals surface area contributed by atoms with Gasteiger partial charge in [-0.2, -0.15) is 0 Å². The van der Waals surface area contributed by atoms with Gasteiger partial charge in [-0.15, -0.1) is 0 Å². The molecule has 0 heterocycles. The zero-order chi connectivity index (χ0) is 17.8. The van der Waals surface area contributed by atoms with Gasteiger partial charge < -0.3 is 0 Å². The van der Waals surface area contributed by atoms with Crippen LogP contribution in [-0.4, -0.2) is 6.21 Å². The minimum atomic E-state index is 0.759. The third-order valence-electron chi connectivity index (χ3n) is 4.05. The lowest BCUT2D eigenvalue weighted by molar-refractivity contribution is 1.40. The number of nitrogens with zero attached hydrogens (tertiary/aromatic N) is 1. The van der Waals surface area contributed by atoms with Gasteiger partial charge in [0.2, 0.25) is 0 Å². The smallest absolute Gasteiger partial charge is 0.0708 e. The second kappa shape index (κ2) is 7.77. The van der Waals surface area contributed by atoms with Crippen molar-refractivity contribution in [3.05, 3.63) is 102 Å². The van der Waals surface area contributed by atoms with Crippen molar-refractivity contribution < 1.29 is 0 Å². The quantitative estimate of drug-likeness (QED) is 0.339. The highest BCUT2D eigenvalue weighted by atomic mass is 35.5. The summed E-state index contributed by atoms with van der Waals surface area (Å²) in [5, 5.41) is 3.13. The minimum Gasteiger partial charge on any atom is -0.256 e. The maximum atomic E-state index is 5.93. The molecule has 0 amide bonds. The Morgan fingerprint density at radius 3 is 2.12 bits per heavy atom. The number of halogens is 1. The van der Waals surface area contributed by atoms with Crippen LogP contribution in [0.5, 0.6) is 0 Å². The average molecular weight is 374 g/mol. The maximum Gasteiger partial charge on any atom is 0.0708 e. The number of benzene rings is 4. The predicted molar refractivity (Wildman–Crippen MR) is 113 cm³/mol. The lowest BCUT2D eigenvalue weighted by Crippen LogP contribution is -1.81. The van der Waals surface area contributed by atoms with Crippen molar-refractivity contribution in [1.29, 1.82) is 0 Å². The van der Waals surface area contributed by atoms with E-state index in [0.717, 1.165) is 16.3 Å². The molecular weight excluding hydrogens is 358 g/mol. The van der Waals surface area contributed by atoms with E-state index in [-0.39, 0.29) is 0 Å². The van der Waals surface area contributed by atoms with Crippen molar-refractivity contribution in [3.63, 3.8) is 0 Å². The largest absolute Gasteiger partial charge is 0.256 e. The Kier molecular flexibility index (Phi) is 5.05. The second-order valence-electron chi connectivity index (χ2n) is 5.88. The van der Waals surface area contributed by atoms with E-state index < -0.39 is 0 Å². The Labute approximate surface area is 162 Å². The van der Waals surface area contributed by atoms with E-state index in [2.05, 4.69) is 47.5 Å². The van der Waals surface area contributed by atoms with Gasteiger partial charge in [0, 0.05) is 26.4 Å². The van der Waals surface area contributed by atoms with Crippen molar-refractivity contribution in [2.24, 2.45) is 4.99 Å². The van der Waals surface area contributed by atoms with Gasteiger partial charge in [-0.1, -0.05) is 71.9 Å². The molecule has 0 aromatic heterocycles. The van der Waals surface area contributed by atoms with E-state index in [1.165, 1.54) is 20.6 Å². The monoisotopic (exact) mass is 373 g/mol. The predicted octanol–water partition coefficient (Wildman–Crippen LogP) is 7.40. The molecule has 1 nitrogen and oxygen atoms in total. The van der Waals surface area contributed by atoms with Crippen LogP contribution in [0.4, 0.5) is 5.69 Å². The van der Waals surface area contributed by atoms with E-state index in [1.54, 1.807) is 11.8 Å². The highest BCUT2D eigenvalue weighted by Crippen LogP contribution is 2.29. The molecule has 0 radical (unpaired) electrons. The zero-order valence-electron chi connectivity index (χ0n) is 14.0. The van der Waals surface area contributed by atoms with Crippen LogP contribution >= 0.6 is 23.4 Å². The molecule has 0 aliphatic heterocycles. The molecule has 3 heteroatoms. The number of aliphatic imine (C=N–C) groups is 1. The Morgan fingerprint density at radius 1 is 0.692 bits per heavy atom. The molecule has 4 aromatic carbocycles. The summed E-state index contributed by atoms with van der Waals surface area (Å²) in [5.41, 5.74) is 2.07. The van der Waals surface area contributed by atoms with Gasteiger partial charge in [-0.25, -0.2) is 0 Å². The first-order valence-electron chi connectivity index (χ1n) is 8.33. The molecule has 4 aromatic rings. The first kappa shape index (κ1) is 16.9. The molecule has 4 rings (SSSR count). The van der Waals surface area contributed by atoms with Crippen molar-refractivity contribution in [3.8, 4) is 0 Å². The summed E-state index contributed by atoms with van der Waals surface area (Å²) in [5.74, 6) is 0. The standard InChI is InChI=1S/C23H16ClNS/c24-19-10-14-21(15-11-19)26-20-12-8-17(9-13-20)16-25-23-7-3-5-18-4-1-2-6-22(18)23/h1-16H. The molecule has 0 fully saturated rings. The Hall–Kier alpha value is -2.55. The van der Waals surface area contributed by atoms with E-state index in [1.807, 2.05) is 54.7 Å². The number of fused-ring (bicyclic) bond motifs is 1. The highest BCUT2D eigenvalue weighted by molar-refractivity contribution is 7.99. The molecule has 0 bridgehead atoms. The fourth-order valence-electron chi connectivity index (χ4n) is 2.73. The molecule has 0 aliphatic carbocycles. The first-order chi connectivity index (χ1) is 12.8. The van der Waals surface area contributed by atoms with Crippen LogP contribution in [0, 0.1) is 0 Å². The van der Waals surface area contributed by atoms with Gasteiger partial charge in [0.1, 0.15) is 0 Å². The number of rotatable bonds is 4. The molecule has 0 spiro atoms. The van der Waals surface area contributed by atoms with Crippen molar-refractivity contribution in [1.82, 2.24) is 0 Å². The van der Waals surface area contributed by atoms with Crippen LogP contribution in [0.15, 0.2) is 106 Å². The van der Waals surface area contributed by atoms with Gasteiger partial charge in [0.15, 0.2) is 0 Å². The van der Waals surface area contributed by atoms with Crippen LogP contribution in [0.3, 0.4) is 0 Å². The van der Waals surface area contributed by atoms with Crippen LogP contribution in [0.2, 0.25) is 5.02 Å². The Balaban J connectivity index is 1.51. The van der Waals surface area contributed by atoms with Crippen molar-refractivity contribution in [2.75, 3.05) is 0 Å². The van der Waals surface area contributed by atoms with Crippen LogP contribution in [0.1, 0.15) is 5.56 Å². The molecule has 26 heavy (non-hydrogen) atoms. The first-order valence-corrected chi connectivity index (χ1v) is 9.53. The Bertz CT molecular complexity index is 1050. The summed E-state index contributed by atoms with van der Waals surface area (Å²) >= 11 is 7.65. The fraction of sp³-hybridized carbons (Fsp3) is 0. The van der Waals surface area contributed by atoms with Gasteiger partial charge in [-0.3, -0.25) is 4.99 Å². The van der Waals surface area contributed by atoms with E-state index >= 15 is 0 Å². The van der Waals surface area contributed by atoms with Gasteiger partial charge in [-0.05, 0) is 53.4 Å². The SMILES string of the molecule is Clc1ccc(Sc2ccc(C=Nc3cccc4ccccc34)cc2)cc1. The van der Waals surface area contributed by atoms with Gasteiger partial charge in [0.25, 0.3) is 0 Å². The third kappa shape index (κ3) is 3.98. The molecule has 126 valence electrons. The van der Waals surface area contributed by atoms with Gasteiger partial charge >= 0.3 is 0 Å². The van der Waals surface area contributed by atoms with Crippen LogP contribution < -0.4 is 0 Å². The summed E-state index contributed by atoms with van der Waals surface area (Å²) in [6.07, 6.45) is 1.92. The minimum absolute atomic E-state index is 0.759. The molecule has 0 N–H and O–H groups in total. The molecule has 0 atom stereocenters. The molecule has 0 saturated carbocycles. The summed E-state index contributed by atoms with van der Waals surface area (Å²) < 4.78 is 0. The topological polar surface area (TPSA) is 12.4 Å². The molecule has 0 unspecified atom stereocenters. The maximum absolute atomic E-state index is 5.93. The van der Waals surface area contributed by atoms with Crippen LogP contribution in [0.25, 0.3) is 10.8 Å². The van der Waals surface area contributed by atoms with E-state index in [0.29, 0.717) is 0 Å². The molecule has 0 saturated heterocycles. The zero-order valence-corrected chi connectivity index (χ0v) is 15.5. The highest BCUT2D eigenvalue weighted by Gasteiger charge is 1.99. The summed E-state index contributed by atoms with van der Waals surface area (Å²) in [7, 11) is 0. The van der Waals surface area contributed by atoms with Crippen LogP contribution in [-0.2, 0) is 0 Å². The summed E-state index contributed by atoms with van der Waals surface area (Å²) in [4.78, 5) is 7.04. The average Bonchev–Trinajstić information content (AvgIpc) is 2.69. The fourth-order valence-corrected chi connectivity index (χ4v) is 3.67. The lowest BCUT2D eigenvalue weighted by Gasteiger charge is -2.03. The Morgan fingerprint density at radius 2 is 1.35 bits per heavy atom. The summed E-state index contributed by atoms with van der Waals surface area (Å²) in [6.45, 7) is 0. The second-order valence-corrected chi connectivity index (χ2v) is 7.46. The van der Waals surface area contributed by atoms with Crippen molar-refractivity contribution in [2.45, 2.75) is 9.79 Å². The molecule has 0 aliphatic rings. The van der Waals surface area contributed by atoms with Gasteiger partial charge in [0.05, 0.1) is 5.69 Å². The number of hydrogen-bond donors (Lipinski definition) is 0. The molecular formula is C23H16ClNS. The van der Waals surface area contributed by atoms with E-state index in [9.17, 15) is 0 Å². The van der Waals surface area contributed by atoms with Crippen molar-refractivity contribution >= 4 is 46.0 Å². The lowest BCUT2D eigenvalue weighted by atomic mass is 10.1. The third-order valence-corrected chi connectivity index (χ3v) is 5.32. The van der Waals surface area contributed by atoms with E-state index in [4.69, 9.17) is 11.6 Å². The number of hydrogen-bond acceptors (Lipinski definition) is 2.